The second kappa shape index (κ2) is 8.34. The molecule has 1 N–H and O–H groups in total. The van der Waals surface area contributed by atoms with Gasteiger partial charge in [-0.3, -0.25) is 9.59 Å². The molecule has 2 rings (SSSR count). The van der Waals surface area contributed by atoms with Crippen LogP contribution in [0.1, 0.15) is 20.8 Å². The van der Waals surface area contributed by atoms with Gasteiger partial charge in [-0.2, -0.15) is 4.31 Å². The van der Waals surface area contributed by atoms with Gasteiger partial charge < -0.3 is 10.2 Å². The molecule has 1 aliphatic heterocycles. The van der Waals surface area contributed by atoms with E-state index in [2.05, 4.69) is 5.32 Å². The van der Waals surface area contributed by atoms with Crippen molar-refractivity contribution in [3.63, 3.8) is 0 Å². The lowest BCUT2D eigenvalue weighted by Crippen LogP contribution is -2.53. The molecule has 0 atom stereocenters. The van der Waals surface area contributed by atoms with E-state index >= 15 is 0 Å². The van der Waals surface area contributed by atoms with Crippen LogP contribution >= 0.6 is 23.2 Å². The number of nitrogens with one attached hydrogen (secondary N) is 1. The summed E-state index contributed by atoms with van der Waals surface area (Å²) in [6, 6.07) is 4.45. The lowest BCUT2D eigenvalue weighted by molar-refractivity contribution is -0.135. The number of halogens is 2. The Labute approximate surface area is 169 Å². The fourth-order valence-electron chi connectivity index (χ4n) is 2.53. The number of hydrogen-bond donors (Lipinski definition) is 1. The zero-order chi connectivity index (χ0) is 20.4. The molecular formula is C17H23Cl2N3O4S. The molecule has 0 unspecified atom stereocenters. The predicted octanol–water partition coefficient (Wildman–Crippen LogP) is 1.99. The van der Waals surface area contributed by atoms with Gasteiger partial charge in [0.1, 0.15) is 4.90 Å². The van der Waals surface area contributed by atoms with Crippen molar-refractivity contribution in [1.82, 2.24) is 14.5 Å². The number of sulfonamides is 1. The summed E-state index contributed by atoms with van der Waals surface area (Å²) in [7, 11) is -3.80. The van der Waals surface area contributed by atoms with E-state index in [0.717, 1.165) is 0 Å². The van der Waals surface area contributed by atoms with Gasteiger partial charge in [0, 0.05) is 31.6 Å². The summed E-state index contributed by atoms with van der Waals surface area (Å²) >= 11 is 12.0. The topological polar surface area (TPSA) is 86.8 Å². The molecule has 1 aromatic rings. The summed E-state index contributed by atoms with van der Waals surface area (Å²) in [4.78, 5) is 25.6. The number of nitrogens with zero attached hydrogens (tertiary/aromatic N) is 2. The minimum absolute atomic E-state index is 0.0115. The zero-order valence-electron chi connectivity index (χ0n) is 15.5. The van der Waals surface area contributed by atoms with Gasteiger partial charge in [-0.25, -0.2) is 8.42 Å². The van der Waals surface area contributed by atoms with Gasteiger partial charge in [0.25, 0.3) is 0 Å². The third kappa shape index (κ3) is 5.13. The minimum Gasteiger partial charge on any atom is -0.347 e. The Bertz CT molecular complexity index is 829. The molecule has 0 aromatic heterocycles. The Hall–Kier alpha value is -1.35. The number of carbonyl (C=O) groups excluding carboxylic acids is 2. The summed E-state index contributed by atoms with van der Waals surface area (Å²) in [6.07, 6.45) is 0. The van der Waals surface area contributed by atoms with Crippen molar-refractivity contribution in [1.29, 1.82) is 0 Å². The molecule has 1 aliphatic rings. The van der Waals surface area contributed by atoms with E-state index in [9.17, 15) is 18.0 Å². The van der Waals surface area contributed by atoms with Gasteiger partial charge in [0.05, 0.1) is 16.6 Å². The number of hydrogen-bond acceptors (Lipinski definition) is 4. The lowest BCUT2D eigenvalue weighted by atomic mass is 9.96. The van der Waals surface area contributed by atoms with E-state index in [0.29, 0.717) is 0 Å². The van der Waals surface area contributed by atoms with Gasteiger partial charge in [0.15, 0.2) is 0 Å². The van der Waals surface area contributed by atoms with Crippen molar-refractivity contribution in [3.05, 3.63) is 28.2 Å². The molecule has 0 spiro atoms. The highest BCUT2D eigenvalue weighted by Gasteiger charge is 2.32. The monoisotopic (exact) mass is 435 g/mol. The Kier molecular flexibility index (Phi) is 6.78. The summed E-state index contributed by atoms with van der Waals surface area (Å²) in [5, 5.41) is 2.76. The molecule has 0 aliphatic carbocycles. The maximum atomic E-state index is 12.8. The fourth-order valence-corrected chi connectivity index (χ4v) is 4.69. The van der Waals surface area contributed by atoms with Gasteiger partial charge in [-0.15, -0.1) is 0 Å². The molecule has 7 nitrogen and oxygen atoms in total. The van der Waals surface area contributed by atoms with Crippen molar-refractivity contribution in [2.45, 2.75) is 25.7 Å². The number of rotatable bonds is 4. The second-order valence-electron chi connectivity index (χ2n) is 7.27. The molecule has 0 radical (unpaired) electrons. The van der Waals surface area contributed by atoms with Crippen LogP contribution in [-0.2, 0) is 19.6 Å². The highest BCUT2D eigenvalue weighted by molar-refractivity contribution is 7.89. The van der Waals surface area contributed by atoms with E-state index in [1.54, 1.807) is 20.8 Å². The Balaban J connectivity index is 1.97. The van der Waals surface area contributed by atoms with Crippen LogP contribution in [0.3, 0.4) is 0 Å². The average Bonchev–Trinajstić information content (AvgIpc) is 2.60. The maximum Gasteiger partial charge on any atom is 0.244 e. The smallest absolute Gasteiger partial charge is 0.244 e. The van der Waals surface area contributed by atoms with Crippen LogP contribution < -0.4 is 5.32 Å². The molecule has 150 valence electrons. The van der Waals surface area contributed by atoms with E-state index in [-0.39, 0.29) is 59.5 Å². The van der Waals surface area contributed by atoms with Gasteiger partial charge in [0.2, 0.25) is 21.8 Å². The van der Waals surface area contributed by atoms with Crippen molar-refractivity contribution >= 4 is 45.0 Å². The largest absolute Gasteiger partial charge is 0.347 e. The molecule has 1 saturated heterocycles. The zero-order valence-corrected chi connectivity index (χ0v) is 17.8. The van der Waals surface area contributed by atoms with Crippen LogP contribution in [0.4, 0.5) is 0 Å². The molecular weight excluding hydrogens is 413 g/mol. The molecule has 2 amide bonds. The fraction of sp³-hybridized carbons (Fsp3) is 0.529. The van der Waals surface area contributed by atoms with Crippen molar-refractivity contribution in [3.8, 4) is 0 Å². The third-order valence-electron chi connectivity index (χ3n) is 4.21. The van der Waals surface area contributed by atoms with E-state index < -0.39 is 15.4 Å². The van der Waals surface area contributed by atoms with Crippen LogP contribution in [0.2, 0.25) is 10.0 Å². The standard InChI is InChI=1S/C17H23Cl2N3O4S/c1-17(2,3)16(24)20-11-14(23)21-7-9-22(10-8-21)27(25,26)13-6-4-5-12(18)15(13)19/h4-6H,7-11H2,1-3H3,(H,20,24). The quantitative estimate of drug-likeness (QED) is 0.782. The van der Waals surface area contributed by atoms with Crippen molar-refractivity contribution in [2.24, 2.45) is 5.41 Å². The first-order valence-electron chi connectivity index (χ1n) is 8.45. The number of amides is 2. The number of carbonyl (C=O) groups is 2. The Morgan fingerprint density at radius 2 is 1.70 bits per heavy atom. The van der Waals surface area contributed by atoms with Gasteiger partial charge in [-0.1, -0.05) is 50.0 Å². The molecule has 1 fully saturated rings. The molecule has 0 saturated carbocycles. The highest BCUT2D eigenvalue weighted by atomic mass is 35.5. The summed E-state index contributed by atoms with van der Waals surface area (Å²) < 4.78 is 26.8. The Morgan fingerprint density at radius 3 is 2.26 bits per heavy atom. The summed E-state index contributed by atoms with van der Waals surface area (Å²) in [5.41, 5.74) is -0.580. The van der Waals surface area contributed by atoms with Crippen LogP contribution in [0.15, 0.2) is 23.1 Å². The Morgan fingerprint density at radius 1 is 1.11 bits per heavy atom. The van der Waals surface area contributed by atoms with E-state index in [1.807, 2.05) is 0 Å². The van der Waals surface area contributed by atoms with Gasteiger partial charge in [-0.05, 0) is 12.1 Å². The first-order valence-corrected chi connectivity index (χ1v) is 10.6. The third-order valence-corrected chi connectivity index (χ3v) is 7.08. The minimum atomic E-state index is -3.80. The normalized spacial score (nSPS) is 16.3. The summed E-state index contributed by atoms with van der Waals surface area (Å²) in [6.45, 7) is 5.94. The second-order valence-corrected chi connectivity index (χ2v) is 9.96. The van der Waals surface area contributed by atoms with Crippen LogP contribution in [0.25, 0.3) is 0 Å². The van der Waals surface area contributed by atoms with Crippen LogP contribution in [-0.4, -0.2) is 62.2 Å². The van der Waals surface area contributed by atoms with Crippen LogP contribution in [0, 0.1) is 5.41 Å². The number of benzene rings is 1. The van der Waals surface area contributed by atoms with Gasteiger partial charge >= 0.3 is 0 Å². The molecule has 27 heavy (non-hydrogen) atoms. The average molecular weight is 436 g/mol. The first kappa shape index (κ1) is 21.9. The highest BCUT2D eigenvalue weighted by Crippen LogP contribution is 2.31. The summed E-state index contributed by atoms with van der Waals surface area (Å²) in [5.74, 6) is -0.460. The molecule has 1 aromatic carbocycles. The molecule has 0 bridgehead atoms. The molecule has 10 heteroatoms. The molecule has 1 heterocycles. The number of piperazine rings is 1. The van der Waals surface area contributed by atoms with Crippen molar-refractivity contribution < 1.29 is 18.0 Å². The van der Waals surface area contributed by atoms with Crippen molar-refractivity contribution in [2.75, 3.05) is 32.7 Å². The van der Waals surface area contributed by atoms with Crippen LogP contribution in [0.5, 0.6) is 0 Å². The van der Waals surface area contributed by atoms with E-state index in [1.165, 1.54) is 27.4 Å². The first-order chi connectivity index (χ1) is 12.4. The lowest BCUT2D eigenvalue weighted by Gasteiger charge is -2.34. The SMILES string of the molecule is CC(C)(C)C(=O)NCC(=O)N1CCN(S(=O)(=O)c2cccc(Cl)c2Cl)CC1. The predicted molar refractivity (Wildman–Crippen MR) is 104 cm³/mol. The van der Waals surface area contributed by atoms with E-state index in [4.69, 9.17) is 23.2 Å². The maximum absolute atomic E-state index is 12.8.